The Labute approximate surface area is 168 Å². The lowest BCUT2D eigenvalue weighted by molar-refractivity contribution is -0.120. The highest BCUT2D eigenvalue weighted by Gasteiger charge is 2.33. The maximum Gasteiger partial charge on any atom is 0.363 e. The van der Waals surface area contributed by atoms with Crippen LogP contribution >= 0.6 is 27.5 Å². The van der Waals surface area contributed by atoms with Gasteiger partial charge in [-0.1, -0.05) is 0 Å². The number of carbonyl (C=O) groups is 2. The number of hydrogen-bond acceptors (Lipinski definition) is 5. The molecule has 2 aromatic rings. The van der Waals surface area contributed by atoms with Gasteiger partial charge in [-0.2, -0.15) is 8.78 Å². The van der Waals surface area contributed by atoms with Crippen LogP contribution in [0.15, 0.2) is 32.3 Å². The molecule has 0 saturated carbocycles. The molecule has 1 aromatic carbocycles. The van der Waals surface area contributed by atoms with Gasteiger partial charge in [-0.25, -0.2) is 18.5 Å². The average Bonchev–Trinajstić information content (AvgIpc) is 2.56. The third-order valence-corrected chi connectivity index (χ3v) is 4.36. The minimum absolute atomic E-state index is 0.0731. The Hall–Kier alpha value is -2.40. The summed E-state index contributed by atoms with van der Waals surface area (Å²) < 4.78 is 46.4. The first-order chi connectivity index (χ1) is 12.8. The lowest BCUT2D eigenvalue weighted by Crippen LogP contribution is -2.41. The normalized spacial score (nSPS) is 11.4. The maximum absolute atomic E-state index is 14.4. The zero-order valence-electron chi connectivity index (χ0n) is 14.3. The monoisotopic (exact) mass is 482 g/mol. The van der Waals surface area contributed by atoms with E-state index in [4.69, 9.17) is 16.3 Å². The molecule has 0 aliphatic rings. The first-order valence-electron chi connectivity index (χ1n) is 7.41. The molecule has 150 valence electrons. The van der Waals surface area contributed by atoms with E-state index in [2.05, 4.69) is 15.9 Å². The number of ketones is 1. The van der Waals surface area contributed by atoms with Gasteiger partial charge < -0.3 is 4.74 Å². The summed E-state index contributed by atoms with van der Waals surface area (Å²) >= 11 is 7.81. The largest absolute Gasteiger partial charge is 0.454 e. The second-order valence-electron chi connectivity index (χ2n) is 5.60. The molecule has 0 saturated heterocycles. The van der Waals surface area contributed by atoms with Crippen molar-refractivity contribution >= 4 is 39.3 Å². The van der Waals surface area contributed by atoms with E-state index in [9.17, 15) is 32.3 Å². The first-order valence-corrected chi connectivity index (χ1v) is 8.58. The predicted molar refractivity (Wildman–Crippen MR) is 95.6 cm³/mol. The van der Waals surface area contributed by atoms with Gasteiger partial charge in [0, 0.05) is 17.6 Å². The van der Waals surface area contributed by atoms with Crippen LogP contribution in [-0.2, 0) is 22.0 Å². The summed E-state index contributed by atoms with van der Waals surface area (Å²) in [7, 11) is 0.919. The zero-order chi connectivity index (χ0) is 21.4. The second-order valence-corrected chi connectivity index (χ2v) is 6.93. The molecular formula is C16H11BrClF3N2O5. The average molecular weight is 484 g/mol. The third-order valence-electron chi connectivity index (χ3n) is 3.51. The van der Waals surface area contributed by atoms with Crippen molar-refractivity contribution in [1.29, 1.82) is 0 Å². The fourth-order valence-corrected chi connectivity index (χ4v) is 2.89. The fraction of sp³-hybridized carbons (Fsp3) is 0.250. The van der Waals surface area contributed by atoms with E-state index in [0.717, 1.165) is 19.2 Å². The maximum atomic E-state index is 14.4. The molecule has 1 heterocycles. The van der Waals surface area contributed by atoms with Gasteiger partial charge in [0.15, 0.2) is 5.78 Å². The van der Waals surface area contributed by atoms with Gasteiger partial charge in [0.05, 0.1) is 11.3 Å². The van der Waals surface area contributed by atoms with Gasteiger partial charge in [-0.05, 0) is 46.6 Å². The second kappa shape index (κ2) is 7.92. The fourth-order valence-electron chi connectivity index (χ4n) is 2.23. The number of aromatic nitrogens is 2. The van der Waals surface area contributed by atoms with Crippen LogP contribution in [0.2, 0.25) is 0 Å². The van der Waals surface area contributed by atoms with Crippen molar-refractivity contribution in [3.63, 3.8) is 0 Å². The number of hydrogen-bond donors (Lipinski definition) is 0. The number of alkyl halides is 3. The van der Waals surface area contributed by atoms with Crippen LogP contribution in [-0.4, -0.2) is 27.5 Å². The number of carbonyl (C=O) groups excluding carboxylic acids is 2. The van der Waals surface area contributed by atoms with Gasteiger partial charge >= 0.3 is 17.0 Å². The molecule has 0 N–H and O–H groups in total. The molecule has 12 heteroatoms. The summed E-state index contributed by atoms with van der Waals surface area (Å²) in [4.78, 5) is 47.6. The summed E-state index contributed by atoms with van der Waals surface area (Å²) in [5.41, 5.74) is -4.65. The van der Waals surface area contributed by atoms with E-state index in [1.165, 1.54) is 6.92 Å². The van der Waals surface area contributed by atoms with E-state index in [-0.39, 0.29) is 14.6 Å². The summed E-state index contributed by atoms with van der Waals surface area (Å²) in [6.45, 7) is 0.634. The summed E-state index contributed by atoms with van der Waals surface area (Å²) in [5.74, 6) is -2.58. The van der Waals surface area contributed by atoms with Crippen LogP contribution in [0.5, 0.6) is 0 Å². The van der Waals surface area contributed by atoms with Crippen molar-refractivity contribution in [1.82, 2.24) is 9.13 Å². The summed E-state index contributed by atoms with van der Waals surface area (Å²) in [5, 5.41) is -4.01. The highest BCUT2D eigenvalue weighted by atomic mass is 79.9. The Morgan fingerprint density at radius 3 is 2.39 bits per heavy atom. The topological polar surface area (TPSA) is 87.4 Å². The van der Waals surface area contributed by atoms with Crippen molar-refractivity contribution in [2.75, 3.05) is 6.61 Å². The minimum atomic E-state index is -4.01. The van der Waals surface area contributed by atoms with Gasteiger partial charge in [-0.3, -0.25) is 14.2 Å². The van der Waals surface area contributed by atoms with E-state index in [1.807, 2.05) is 0 Å². The number of ether oxygens (including phenoxy) is 1. The quantitative estimate of drug-likeness (QED) is 0.482. The highest BCUT2D eigenvalue weighted by molar-refractivity contribution is 9.10. The van der Waals surface area contributed by atoms with Crippen LogP contribution in [0, 0.1) is 5.82 Å². The van der Waals surface area contributed by atoms with Gasteiger partial charge in [-0.15, -0.1) is 0 Å². The van der Waals surface area contributed by atoms with E-state index in [1.54, 1.807) is 0 Å². The lowest BCUT2D eigenvalue weighted by atomic mass is 10.2. The molecule has 1 aromatic heterocycles. The Kier molecular flexibility index (Phi) is 6.19. The van der Waals surface area contributed by atoms with E-state index >= 15 is 0 Å². The van der Waals surface area contributed by atoms with Crippen molar-refractivity contribution in [2.45, 2.75) is 12.3 Å². The molecule has 0 spiro atoms. The Morgan fingerprint density at radius 2 is 1.86 bits per heavy atom. The van der Waals surface area contributed by atoms with Crippen LogP contribution < -0.4 is 11.2 Å². The van der Waals surface area contributed by atoms with Crippen molar-refractivity contribution in [3.05, 3.63) is 60.6 Å². The molecule has 7 nitrogen and oxygen atoms in total. The van der Waals surface area contributed by atoms with E-state index in [0.29, 0.717) is 10.6 Å². The number of esters is 1. The third kappa shape index (κ3) is 4.36. The van der Waals surface area contributed by atoms with Gasteiger partial charge in [0.2, 0.25) is 0 Å². The number of halogens is 5. The van der Waals surface area contributed by atoms with Crippen LogP contribution in [0.3, 0.4) is 0 Å². The predicted octanol–water partition coefficient (Wildman–Crippen LogP) is 2.47. The number of rotatable bonds is 5. The molecule has 28 heavy (non-hydrogen) atoms. The van der Waals surface area contributed by atoms with Gasteiger partial charge in [0.1, 0.15) is 18.1 Å². The summed E-state index contributed by atoms with van der Waals surface area (Å²) in [6.07, 6.45) is 0. The molecule has 0 fully saturated rings. The molecule has 0 amide bonds. The number of Topliss-reactive ketones (excluding diaryl/α,β-unsaturated/α-hetero) is 1. The molecule has 0 aliphatic carbocycles. The first kappa shape index (κ1) is 21.9. The summed E-state index contributed by atoms with van der Waals surface area (Å²) in [6, 6.07) is 1.99. The molecule has 0 atom stereocenters. The molecular weight excluding hydrogens is 473 g/mol. The molecule has 0 bridgehead atoms. The van der Waals surface area contributed by atoms with Crippen LogP contribution in [0.4, 0.5) is 13.2 Å². The van der Waals surface area contributed by atoms with E-state index < -0.39 is 52.2 Å². The SMILES string of the molecule is CC(=O)COC(=O)c1cc(-n2c(=O)cc(C(F)(F)Cl)n(C)c2=O)c(F)cc1Br. The standard InChI is InChI=1S/C16H11BrClF3N2O5/c1-7(24)6-28-14(26)8-3-11(10(19)4-9(8)17)23-13(25)5-12(16(18,20)21)22(2)15(23)27/h3-5H,6H2,1-2H3. The Balaban J connectivity index is 2.70. The van der Waals surface area contributed by atoms with Crippen molar-refractivity contribution < 1.29 is 27.5 Å². The molecule has 0 unspecified atom stereocenters. The zero-order valence-corrected chi connectivity index (χ0v) is 16.6. The molecule has 0 radical (unpaired) electrons. The van der Waals surface area contributed by atoms with Crippen LogP contribution in [0.1, 0.15) is 23.0 Å². The Morgan fingerprint density at radius 1 is 1.25 bits per heavy atom. The van der Waals surface area contributed by atoms with Crippen LogP contribution in [0.25, 0.3) is 5.69 Å². The number of nitrogens with zero attached hydrogens (tertiary/aromatic N) is 2. The lowest BCUT2D eigenvalue weighted by Gasteiger charge is -2.16. The molecule has 0 aliphatic heterocycles. The highest BCUT2D eigenvalue weighted by Crippen LogP contribution is 2.30. The smallest absolute Gasteiger partial charge is 0.363 e. The van der Waals surface area contributed by atoms with Crippen molar-refractivity contribution in [2.24, 2.45) is 7.05 Å². The Bertz CT molecular complexity index is 1090. The molecule has 2 rings (SSSR count). The van der Waals surface area contributed by atoms with Crippen molar-refractivity contribution in [3.8, 4) is 5.69 Å². The number of benzene rings is 1. The van der Waals surface area contributed by atoms with Gasteiger partial charge in [0.25, 0.3) is 5.56 Å². The minimum Gasteiger partial charge on any atom is -0.454 e.